The molecular weight excluding hydrogens is 158 g/mol. The van der Waals surface area contributed by atoms with Gasteiger partial charge in [0.25, 0.3) is 0 Å². The van der Waals surface area contributed by atoms with Crippen molar-refractivity contribution in [1.82, 2.24) is 0 Å². The molecular formula is C8H11NO3. The molecule has 0 amide bonds. The number of hydrogen-bond donors (Lipinski definition) is 3. The Morgan fingerprint density at radius 2 is 1.92 bits per heavy atom. The molecule has 0 atom stereocenters. The highest BCUT2D eigenvalue weighted by molar-refractivity contribution is 5.83. The summed E-state index contributed by atoms with van der Waals surface area (Å²) in [6.45, 7) is 0. The number of oxime groups is 1. The number of phenols is 2. The van der Waals surface area contributed by atoms with Gasteiger partial charge in [0.15, 0.2) is 0 Å². The summed E-state index contributed by atoms with van der Waals surface area (Å²) in [5.74, 6) is -0.152. The summed E-state index contributed by atoms with van der Waals surface area (Å²) < 4.78 is 0. The van der Waals surface area contributed by atoms with E-state index < -0.39 is 0 Å². The SMILES string of the molecule is C.O/N=C/c1ccc(O)cc1O. The highest BCUT2D eigenvalue weighted by Crippen LogP contribution is 2.20. The van der Waals surface area contributed by atoms with Gasteiger partial charge in [-0.15, -0.1) is 0 Å². The van der Waals surface area contributed by atoms with Gasteiger partial charge in [0, 0.05) is 11.6 Å². The minimum atomic E-state index is -0.122. The molecule has 0 saturated heterocycles. The number of benzene rings is 1. The highest BCUT2D eigenvalue weighted by atomic mass is 16.4. The van der Waals surface area contributed by atoms with Crippen LogP contribution in [0.4, 0.5) is 0 Å². The molecule has 4 nitrogen and oxygen atoms in total. The molecule has 3 N–H and O–H groups in total. The first-order valence-electron chi connectivity index (χ1n) is 2.93. The molecule has 0 unspecified atom stereocenters. The van der Waals surface area contributed by atoms with E-state index in [0.29, 0.717) is 5.56 Å². The van der Waals surface area contributed by atoms with Gasteiger partial charge in [0.1, 0.15) is 11.5 Å². The average molecular weight is 169 g/mol. The molecule has 0 spiro atoms. The lowest BCUT2D eigenvalue weighted by Crippen LogP contribution is -1.80. The number of rotatable bonds is 1. The number of phenolic OH excluding ortho intramolecular Hbond substituents is 2. The molecule has 0 bridgehead atoms. The van der Waals surface area contributed by atoms with Gasteiger partial charge < -0.3 is 15.4 Å². The van der Waals surface area contributed by atoms with Crippen LogP contribution in [0.25, 0.3) is 0 Å². The third kappa shape index (κ3) is 2.16. The molecule has 0 aliphatic heterocycles. The fourth-order valence-electron chi connectivity index (χ4n) is 0.703. The predicted octanol–water partition coefficient (Wildman–Crippen LogP) is 1.54. The van der Waals surface area contributed by atoms with Crippen LogP contribution in [-0.2, 0) is 0 Å². The lowest BCUT2D eigenvalue weighted by molar-refractivity contribution is 0.321. The molecule has 4 heteroatoms. The van der Waals surface area contributed by atoms with Gasteiger partial charge in [0.05, 0.1) is 6.21 Å². The number of hydrogen-bond acceptors (Lipinski definition) is 4. The van der Waals surface area contributed by atoms with Crippen LogP contribution in [0, 0.1) is 0 Å². The molecule has 12 heavy (non-hydrogen) atoms. The summed E-state index contributed by atoms with van der Waals surface area (Å²) >= 11 is 0. The van der Waals surface area contributed by atoms with Crippen molar-refractivity contribution in [2.24, 2.45) is 5.16 Å². The Hall–Kier alpha value is -1.71. The van der Waals surface area contributed by atoms with E-state index in [-0.39, 0.29) is 18.9 Å². The van der Waals surface area contributed by atoms with Crippen LogP contribution in [0.1, 0.15) is 13.0 Å². The summed E-state index contributed by atoms with van der Waals surface area (Å²) in [7, 11) is 0. The number of aromatic hydroxyl groups is 2. The van der Waals surface area contributed by atoms with Crippen molar-refractivity contribution in [3.05, 3.63) is 23.8 Å². The van der Waals surface area contributed by atoms with E-state index in [1.54, 1.807) is 0 Å². The standard InChI is InChI=1S/C7H7NO3.CH4/c9-6-2-1-5(4-8-11)7(10)3-6;/h1-4,9-11H;1H4/b8-4+;. The second kappa shape index (κ2) is 4.23. The lowest BCUT2D eigenvalue weighted by Gasteiger charge is -1.96. The van der Waals surface area contributed by atoms with Crippen molar-refractivity contribution in [3.8, 4) is 11.5 Å². The van der Waals surface area contributed by atoms with Crippen molar-refractivity contribution in [1.29, 1.82) is 0 Å². The normalized spacial score (nSPS) is 9.67. The first-order chi connectivity index (χ1) is 5.24. The Morgan fingerprint density at radius 3 is 2.42 bits per heavy atom. The first-order valence-corrected chi connectivity index (χ1v) is 2.93. The van der Waals surface area contributed by atoms with Gasteiger partial charge >= 0.3 is 0 Å². The van der Waals surface area contributed by atoms with E-state index in [2.05, 4.69) is 5.16 Å². The Morgan fingerprint density at radius 1 is 1.25 bits per heavy atom. The zero-order valence-corrected chi connectivity index (χ0v) is 5.60. The maximum absolute atomic E-state index is 9.06. The van der Waals surface area contributed by atoms with Crippen LogP contribution >= 0.6 is 0 Å². The van der Waals surface area contributed by atoms with Gasteiger partial charge in [-0.05, 0) is 12.1 Å². The van der Waals surface area contributed by atoms with E-state index >= 15 is 0 Å². The van der Waals surface area contributed by atoms with Crippen molar-refractivity contribution >= 4 is 6.21 Å². The van der Waals surface area contributed by atoms with Crippen LogP contribution in [-0.4, -0.2) is 21.6 Å². The summed E-state index contributed by atoms with van der Waals surface area (Å²) in [6, 6.07) is 3.98. The van der Waals surface area contributed by atoms with Gasteiger partial charge in [-0.2, -0.15) is 0 Å². The zero-order valence-electron chi connectivity index (χ0n) is 5.60. The van der Waals surface area contributed by atoms with Crippen molar-refractivity contribution in [2.45, 2.75) is 7.43 Å². The number of nitrogens with zero attached hydrogens (tertiary/aromatic N) is 1. The van der Waals surface area contributed by atoms with Gasteiger partial charge in [-0.25, -0.2) is 0 Å². The smallest absolute Gasteiger partial charge is 0.128 e. The maximum Gasteiger partial charge on any atom is 0.128 e. The zero-order chi connectivity index (χ0) is 8.27. The Labute approximate surface area is 70.4 Å². The fourth-order valence-corrected chi connectivity index (χ4v) is 0.703. The topological polar surface area (TPSA) is 73.1 Å². The third-order valence-electron chi connectivity index (χ3n) is 1.21. The van der Waals surface area contributed by atoms with E-state index in [0.717, 1.165) is 12.3 Å². The molecule has 0 heterocycles. The van der Waals surface area contributed by atoms with Crippen molar-refractivity contribution in [2.75, 3.05) is 0 Å². The molecule has 0 aliphatic rings. The van der Waals surface area contributed by atoms with Crippen LogP contribution in [0.15, 0.2) is 23.4 Å². The molecule has 1 aromatic rings. The van der Waals surface area contributed by atoms with Gasteiger partial charge in [0.2, 0.25) is 0 Å². The molecule has 66 valence electrons. The molecule has 0 saturated carbocycles. The van der Waals surface area contributed by atoms with Gasteiger partial charge in [-0.1, -0.05) is 12.6 Å². The van der Waals surface area contributed by atoms with Crippen LogP contribution in [0.5, 0.6) is 11.5 Å². The molecule has 1 aromatic carbocycles. The lowest BCUT2D eigenvalue weighted by atomic mass is 10.2. The Bertz CT molecular complexity index is 284. The van der Waals surface area contributed by atoms with E-state index in [1.807, 2.05) is 0 Å². The third-order valence-corrected chi connectivity index (χ3v) is 1.21. The molecule has 0 fully saturated rings. The molecule has 1 rings (SSSR count). The van der Waals surface area contributed by atoms with Gasteiger partial charge in [-0.3, -0.25) is 0 Å². The van der Waals surface area contributed by atoms with Crippen LogP contribution in [0.2, 0.25) is 0 Å². The van der Waals surface area contributed by atoms with E-state index in [9.17, 15) is 0 Å². The summed E-state index contributed by atoms with van der Waals surface area (Å²) in [5, 5.41) is 28.7. The summed E-state index contributed by atoms with van der Waals surface area (Å²) in [6.07, 6.45) is 1.08. The molecule has 0 aliphatic carbocycles. The average Bonchev–Trinajstić information content (AvgIpc) is 1.95. The second-order valence-corrected chi connectivity index (χ2v) is 1.99. The fraction of sp³-hybridized carbons (Fsp3) is 0.125. The van der Waals surface area contributed by atoms with Crippen molar-refractivity contribution < 1.29 is 15.4 Å². The quantitative estimate of drug-likeness (QED) is 0.339. The van der Waals surface area contributed by atoms with Crippen LogP contribution < -0.4 is 0 Å². The van der Waals surface area contributed by atoms with Crippen LogP contribution in [0.3, 0.4) is 0 Å². The highest BCUT2D eigenvalue weighted by Gasteiger charge is 1.97. The Balaban J connectivity index is 0.00000121. The summed E-state index contributed by atoms with van der Waals surface area (Å²) in [4.78, 5) is 0. The van der Waals surface area contributed by atoms with E-state index in [4.69, 9.17) is 15.4 Å². The Kier molecular flexibility index (Phi) is 3.62. The predicted molar refractivity (Wildman–Crippen MR) is 45.9 cm³/mol. The van der Waals surface area contributed by atoms with Crippen molar-refractivity contribution in [3.63, 3.8) is 0 Å². The molecule has 0 aromatic heterocycles. The summed E-state index contributed by atoms with van der Waals surface area (Å²) in [5.41, 5.74) is 0.352. The first kappa shape index (κ1) is 10.3. The minimum absolute atomic E-state index is 0. The largest absolute Gasteiger partial charge is 0.508 e. The maximum atomic E-state index is 9.06. The second-order valence-electron chi connectivity index (χ2n) is 1.99. The monoisotopic (exact) mass is 169 g/mol. The van der Waals surface area contributed by atoms with E-state index in [1.165, 1.54) is 12.1 Å². The molecule has 0 radical (unpaired) electrons. The minimum Gasteiger partial charge on any atom is -0.508 e.